The van der Waals surface area contributed by atoms with Gasteiger partial charge in [0, 0.05) is 31.7 Å². The normalized spacial score (nSPS) is 33.4. The van der Waals surface area contributed by atoms with Crippen LogP contribution in [0.3, 0.4) is 0 Å². The molecule has 0 aromatic carbocycles. The van der Waals surface area contributed by atoms with Gasteiger partial charge >= 0.3 is 5.97 Å². The van der Waals surface area contributed by atoms with Gasteiger partial charge in [-0.2, -0.15) is 10.2 Å². The number of nitrogens with zero attached hydrogens (tertiary/aromatic N) is 2. The average molecular weight is 303 g/mol. The van der Waals surface area contributed by atoms with E-state index >= 15 is 0 Å². The fraction of sp³-hybridized carbons (Fsp3) is 0.750. The number of amides is 1. The van der Waals surface area contributed by atoms with Crippen molar-refractivity contribution < 1.29 is 14.7 Å². The Morgan fingerprint density at radius 2 is 2.05 bits per heavy atom. The summed E-state index contributed by atoms with van der Waals surface area (Å²) in [5.41, 5.74) is -0.409. The Labute approximate surface area is 129 Å². The van der Waals surface area contributed by atoms with Crippen LogP contribution in [0.5, 0.6) is 0 Å². The van der Waals surface area contributed by atoms with Crippen LogP contribution in [0, 0.1) is 30.1 Å². The molecular formula is C16H21N3O3. The minimum absolute atomic E-state index is 0.0135. The number of hydrogen-bond donors (Lipinski definition) is 2. The number of terminal acetylenes is 1. The van der Waals surface area contributed by atoms with Crippen LogP contribution >= 0.6 is 0 Å². The molecule has 22 heavy (non-hydrogen) atoms. The molecule has 1 aliphatic heterocycles. The second kappa shape index (κ2) is 5.71. The van der Waals surface area contributed by atoms with Crippen molar-refractivity contribution in [3.63, 3.8) is 0 Å². The van der Waals surface area contributed by atoms with Gasteiger partial charge in [-0.25, -0.2) is 0 Å². The number of carboxylic acid groups (broad SMARTS) is 1. The van der Waals surface area contributed by atoms with E-state index in [0.29, 0.717) is 43.9 Å². The second-order valence-electron chi connectivity index (χ2n) is 6.73. The van der Waals surface area contributed by atoms with Crippen molar-refractivity contribution in [1.29, 1.82) is 0 Å². The van der Waals surface area contributed by atoms with E-state index in [4.69, 9.17) is 11.5 Å². The molecule has 0 bridgehead atoms. The molecule has 1 heterocycles. The number of nitrogens with one attached hydrogen (secondary N) is 1. The monoisotopic (exact) mass is 303 g/mol. The minimum atomic E-state index is -0.702. The highest BCUT2D eigenvalue weighted by Crippen LogP contribution is 2.49. The van der Waals surface area contributed by atoms with E-state index in [-0.39, 0.29) is 17.9 Å². The molecule has 6 heteroatoms. The maximum atomic E-state index is 12.0. The molecule has 118 valence electrons. The third-order valence-corrected chi connectivity index (χ3v) is 5.32. The molecule has 6 nitrogen and oxygen atoms in total. The summed E-state index contributed by atoms with van der Waals surface area (Å²) in [6, 6.07) is 0.150. The first-order valence-corrected chi connectivity index (χ1v) is 7.93. The lowest BCUT2D eigenvalue weighted by Crippen LogP contribution is -2.50. The van der Waals surface area contributed by atoms with E-state index < -0.39 is 11.6 Å². The van der Waals surface area contributed by atoms with Crippen molar-refractivity contribution in [2.24, 2.45) is 28.0 Å². The topological polar surface area (TPSA) is 91.1 Å². The Morgan fingerprint density at radius 3 is 2.68 bits per heavy atom. The van der Waals surface area contributed by atoms with E-state index in [1.165, 1.54) is 0 Å². The number of rotatable bonds is 7. The Bertz CT molecular complexity index is 545. The molecule has 0 aromatic heterocycles. The summed E-state index contributed by atoms with van der Waals surface area (Å²) in [7, 11) is 0. The molecule has 2 saturated carbocycles. The molecule has 0 spiro atoms. The average Bonchev–Trinajstić information content (AvgIpc) is 3.17. The SMILES string of the molecule is C#CCCC1(CCC(=O)NC2CC3CC(C(=O)O)CC32)N=N1. The van der Waals surface area contributed by atoms with Crippen LogP contribution in [-0.2, 0) is 9.59 Å². The number of aliphatic carboxylic acids is 1. The zero-order chi connectivity index (χ0) is 15.7. The van der Waals surface area contributed by atoms with Gasteiger partial charge in [-0.15, -0.1) is 12.3 Å². The first-order valence-electron chi connectivity index (χ1n) is 7.93. The van der Waals surface area contributed by atoms with Crippen molar-refractivity contribution >= 4 is 11.9 Å². The van der Waals surface area contributed by atoms with Gasteiger partial charge in [0.05, 0.1) is 5.92 Å². The predicted molar refractivity (Wildman–Crippen MR) is 78.8 cm³/mol. The lowest BCUT2D eigenvalue weighted by Gasteiger charge is -2.40. The summed E-state index contributed by atoms with van der Waals surface area (Å²) in [6.07, 6.45) is 9.95. The molecule has 3 rings (SSSR count). The zero-order valence-corrected chi connectivity index (χ0v) is 12.5. The van der Waals surface area contributed by atoms with E-state index in [2.05, 4.69) is 21.5 Å². The van der Waals surface area contributed by atoms with Crippen LogP contribution in [0.2, 0.25) is 0 Å². The van der Waals surface area contributed by atoms with Crippen LogP contribution < -0.4 is 5.32 Å². The Kier molecular flexibility index (Phi) is 3.90. The second-order valence-corrected chi connectivity index (χ2v) is 6.73. The van der Waals surface area contributed by atoms with Crippen LogP contribution in [0.1, 0.15) is 44.9 Å². The van der Waals surface area contributed by atoms with Crippen molar-refractivity contribution in [3.8, 4) is 12.3 Å². The van der Waals surface area contributed by atoms with Gasteiger partial charge in [0.1, 0.15) is 0 Å². The van der Waals surface area contributed by atoms with Crippen molar-refractivity contribution in [2.75, 3.05) is 0 Å². The van der Waals surface area contributed by atoms with E-state index in [9.17, 15) is 9.59 Å². The fourth-order valence-electron chi connectivity index (χ4n) is 3.85. The summed E-state index contributed by atoms with van der Waals surface area (Å²) in [5.74, 6) is 2.47. The van der Waals surface area contributed by atoms with Crippen molar-refractivity contribution in [3.05, 3.63) is 0 Å². The number of carbonyl (C=O) groups excluding carboxylic acids is 1. The van der Waals surface area contributed by atoms with Gasteiger partial charge < -0.3 is 10.4 Å². The zero-order valence-electron chi connectivity index (χ0n) is 12.5. The highest BCUT2D eigenvalue weighted by molar-refractivity contribution is 5.76. The fourth-order valence-corrected chi connectivity index (χ4v) is 3.85. The smallest absolute Gasteiger partial charge is 0.306 e. The van der Waals surface area contributed by atoms with Crippen molar-refractivity contribution in [1.82, 2.24) is 5.32 Å². The highest BCUT2D eigenvalue weighted by atomic mass is 16.4. The van der Waals surface area contributed by atoms with Crippen LogP contribution in [0.15, 0.2) is 10.2 Å². The summed E-state index contributed by atoms with van der Waals surface area (Å²) in [6.45, 7) is 0. The molecule has 0 saturated heterocycles. The van der Waals surface area contributed by atoms with Gasteiger partial charge in [0.25, 0.3) is 0 Å². The lowest BCUT2D eigenvalue weighted by molar-refractivity contribution is -0.141. The number of hydrogen-bond acceptors (Lipinski definition) is 4. The van der Waals surface area contributed by atoms with Gasteiger partial charge in [-0.05, 0) is 31.1 Å². The minimum Gasteiger partial charge on any atom is -0.481 e. The Morgan fingerprint density at radius 1 is 1.27 bits per heavy atom. The van der Waals surface area contributed by atoms with Crippen LogP contribution in [0.25, 0.3) is 0 Å². The summed E-state index contributed by atoms with van der Waals surface area (Å²) >= 11 is 0. The molecule has 3 aliphatic rings. The summed E-state index contributed by atoms with van der Waals surface area (Å²) in [5, 5.41) is 20.2. The van der Waals surface area contributed by atoms with Crippen LogP contribution in [0.4, 0.5) is 0 Å². The first-order chi connectivity index (χ1) is 10.5. The van der Waals surface area contributed by atoms with Gasteiger partial charge in [-0.1, -0.05) is 0 Å². The van der Waals surface area contributed by atoms with E-state index in [1.54, 1.807) is 0 Å². The molecule has 0 aromatic rings. The van der Waals surface area contributed by atoms with Crippen molar-refractivity contribution in [2.45, 2.75) is 56.7 Å². The third-order valence-electron chi connectivity index (χ3n) is 5.32. The molecule has 4 atom stereocenters. The number of carbonyl (C=O) groups is 2. The summed E-state index contributed by atoms with van der Waals surface area (Å²) < 4.78 is 0. The first kappa shape index (κ1) is 15.0. The number of fused-ring (bicyclic) bond motifs is 1. The third kappa shape index (κ3) is 2.99. The van der Waals surface area contributed by atoms with Gasteiger partial charge in [0.2, 0.25) is 5.91 Å². The standard InChI is InChI=1S/C16H21N3O3/c1-2-3-5-16(18-19-16)6-4-14(20)17-13-9-10-7-11(15(21)22)8-12(10)13/h1,10-13H,3-9H2,(H,17,20)(H,21,22). The molecule has 1 amide bonds. The Balaban J connectivity index is 1.39. The van der Waals surface area contributed by atoms with Gasteiger partial charge in [0.15, 0.2) is 5.66 Å². The quantitative estimate of drug-likeness (QED) is 0.704. The largest absolute Gasteiger partial charge is 0.481 e. The molecule has 0 radical (unpaired) electrons. The molecule has 2 N–H and O–H groups in total. The maximum absolute atomic E-state index is 12.0. The van der Waals surface area contributed by atoms with Gasteiger partial charge in [-0.3, -0.25) is 9.59 Å². The molecule has 4 unspecified atom stereocenters. The van der Waals surface area contributed by atoms with E-state index in [0.717, 1.165) is 12.8 Å². The maximum Gasteiger partial charge on any atom is 0.306 e. The molecule has 2 aliphatic carbocycles. The van der Waals surface area contributed by atoms with E-state index in [1.807, 2.05) is 0 Å². The predicted octanol–water partition coefficient (Wildman–Crippen LogP) is 1.96. The molecule has 2 fully saturated rings. The van der Waals surface area contributed by atoms with Crippen LogP contribution in [-0.4, -0.2) is 28.7 Å². The lowest BCUT2D eigenvalue weighted by atomic mass is 9.71. The Hall–Kier alpha value is -1.90. The molecular weight excluding hydrogens is 282 g/mol. The highest BCUT2D eigenvalue weighted by Gasteiger charge is 2.50. The summed E-state index contributed by atoms with van der Waals surface area (Å²) in [4.78, 5) is 23.1. The number of carboxylic acids is 1.